The molecule has 0 aromatic heterocycles. The molecule has 0 atom stereocenters. The molecule has 0 spiro atoms. The van der Waals surface area contributed by atoms with Gasteiger partial charge in [0.25, 0.3) is 5.91 Å². The van der Waals surface area contributed by atoms with Gasteiger partial charge in [-0.15, -0.1) is 0 Å². The minimum atomic E-state index is -1.39. The van der Waals surface area contributed by atoms with Gasteiger partial charge >= 0.3 is 5.97 Å². The van der Waals surface area contributed by atoms with Crippen molar-refractivity contribution in [2.45, 2.75) is 0 Å². The molecule has 21 heavy (non-hydrogen) atoms. The molecule has 5 nitrogen and oxygen atoms in total. The first-order valence-electron chi connectivity index (χ1n) is 5.77. The molecule has 2 aromatic rings. The SMILES string of the molecule is NC(=O)c1cc(F)ccc1Nc1ccc(C(=O)O)c(F)c1. The average molecular weight is 292 g/mol. The molecule has 2 aromatic carbocycles. The smallest absolute Gasteiger partial charge is 0.338 e. The molecule has 4 N–H and O–H groups in total. The van der Waals surface area contributed by atoms with Gasteiger partial charge in [0, 0.05) is 5.69 Å². The Morgan fingerprint density at radius 2 is 1.76 bits per heavy atom. The zero-order valence-corrected chi connectivity index (χ0v) is 10.6. The van der Waals surface area contributed by atoms with Crippen molar-refractivity contribution < 1.29 is 23.5 Å². The summed E-state index contributed by atoms with van der Waals surface area (Å²) in [5.74, 6) is -3.81. The highest BCUT2D eigenvalue weighted by molar-refractivity contribution is 5.99. The number of nitrogens with one attached hydrogen (secondary N) is 1. The van der Waals surface area contributed by atoms with Gasteiger partial charge in [0.05, 0.1) is 16.8 Å². The molecule has 0 bridgehead atoms. The van der Waals surface area contributed by atoms with E-state index in [4.69, 9.17) is 10.8 Å². The van der Waals surface area contributed by atoms with Gasteiger partial charge in [-0.05, 0) is 36.4 Å². The van der Waals surface area contributed by atoms with Crippen LogP contribution in [0, 0.1) is 11.6 Å². The van der Waals surface area contributed by atoms with Gasteiger partial charge in [-0.2, -0.15) is 0 Å². The van der Waals surface area contributed by atoms with Crippen LogP contribution >= 0.6 is 0 Å². The molecule has 1 amide bonds. The van der Waals surface area contributed by atoms with Crippen LogP contribution in [0.25, 0.3) is 0 Å². The molecule has 0 aliphatic carbocycles. The summed E-state index contributed by atoms with van der Waals surface area (Å²) >= 11 is 0. The molecular weight excluding hydrogens is 282 g/mol. The molecule has 0 aliphatic heterocycles. The Morgan fingerprint density at radius 3 is 2.33 bits per heavy atom. The third kappa shape index (κ3) is 3.14. The van der Waals surface area contributed by atoms with Crippen LogP contribution < -0.4 is 11.1 Å². The van der Waals surface area contributed by atoms with Crippen LogP contribution in [0.5, 0.6) is 0 Å². The van der Waals surface area contributed by atoms with Crippen molar-refractivity contribution in [1.29, 1.82) is 0 Å². The molecule has 0 radical (unpaired) electrons. The number of nitrogens with two attached hydrogens (primary N) is 1. The van der Waals surface area contributed by atoms with E-state index in [0.717, 1.165) is 24.3 Å². The molecule has 0 heterocycles. The van der Waals surface area contributed by atoms with Crippen molar-refractivity contribution >= 4 is 23.3 Å². The van der Waals surface area contributed by atoms with Crippen LogP contribution in [0.15, 0.2) is 36.4 Å². The maximum Gasteiger partial charge on any atom is 0.338 e. The van der Waals surface area contributed by atoms with Gasteiger partial charge in [0.15, 0.2) is 0 Å². The summed E-state index contributed by atoms with van der Waals surface area (Å²) in [4.78, 5) is 21.9. The third-order valence-electron chi connectivity index (χ3n) is 2.73. The zero-order chi connectivity index (χ0) is 15.6. The highest BCUT2D eigenvalue weighted by Crippen LogP contribution is 2.23. The van der Waals surface area contributed by atoms with Crippen molar-refractivity contribution in [1.82, 2.24) is 0 Å². The van der Waals surface area contributed by atoms with E-state index < -0.39 is 29.1 Å². The lowest BCUT2D eigenvalue weighted by Crippen LogP contribution is -2.13. The standard InChI is InChI=1S/C14H10F2N2O3/c15-7-1-4-12(10(5-7)13(17)19)18-8-2-3-9(14(20)21)11(16)6-8/h1-6,18H,(H2,17,19)(H,20,21). The predicted molar refractivity (Wildman–Crippen MR) is 71.6 cm³/mol. The second kappa shape index (κ2) is 5.58. The number of carboxylic acid groups (broad SMARTS) is 1. The number of halogens is 2. The highest BCUT2D eigenvalue weighted by atomic mass is 19.1. The number of hydrogen-bond donors (Lipinski definition) is 3. The number of carbonyl (C=O) groups is 2. The first-order chi connectivity index (χ1) is 9.88. The Kier molecular flexibility index (Phi) is 3.84. The minimum absolute atomic E-state index is 0.0993. The van der Waals surface area contributed by atoms with Crippen LogP contribution in [0.4, 0.5) is 20.2 Å². The highest BCUT2D eigenvalue weighted by Gasteiger charge is 2.13. The number of aromatic carboxylic acids is 1. The molecule has 108 valence electrons. The maximum atomic E-state index is 13.6. The van der Waals surface area contributed by atoms with Gasteiger partial charge in [-0.3, -0.25) is 4.79 Å². The van der Waals surface area contributed by atoms with Crippen molar-refractivity contribution in [2.75, 3.05) is 5.32 Å². The van der Waals surface area contributed by atoms with Crippen molar-refractivity contribution in [3.8, 4) is 0 Å². The maximum absolute atomic E-state index is 13.6. The molecule has 0 fully saturated rings. The molecular formula is C14H10F2N2O3. The number of benzene rings is 2. The lowest BCUT2D eigenvalue weighted by atomic mass is 10.1. The summed E-state index contributed by atoms with van der Waals surface area (Å²) in [6.45, 7) is 0. The number of amides is 1. The Bertz CT molecular complexity index is 732. The van der Waals surface area contributed by atoms with Crippen LogP contribution in [-0.2, 0) is 0 Å². The first-order valence-corrected chi connectivity index (χ1v) is 5.77. The molecule has 0 aliphatic rings. The van der Waals surface area contributed by atoms with Gasteiger partial charge in [-0.1, -0.05) is 0 Å². The number of hydrogen-bond acceptors (Lipinski definition) is 3. The van der Waals surface area contributed by atoms with Gasteiger partial charge in [0.2, 0.25) is 0 Å². The van der Waals surface area contributed by atoms with Crippen LogP contribution in [-0.4, -0.2) is 17.0 Å². The largest absolute Gasteiger partial charge is 0.478 e. The van der Waals surface area contributed by atoms with Gasteiger partial charge < -0.3 is 16.2 Å². The fraction of sp³-hybridized carbons (Fsp3) is 0. The monoisotopic (exact) mass is 292 g/mol. The van der Waals surface area contributed by atoms with Crippen LogP contribution in [0.2, 0.25) is 0 Å². The second-order valence-electron chi connectivity index (χ2n) is 4.18. The Morgan fingerprint density at radius 1 is 1.05 bits per heavy atom. The summed E-state index contributed by atoms with van der Waals surface area (Å²) in [6.07, 6.45) is 0. The van der Waals surface area contributed by atoms with Crippen LogP contribution in [0.3, 0.4) is 0 Å². The van der Waals surface area contributed by atoms with E-state index in [-0.39, 0.29) is 16.9 Å². The van der Waals surface area contributed by atoms with Gasteiger partial charge in [-0.25, -0.2) is 13.6 Å². The first kappa shape index (κ1) is 14.4. The summed E-state index contributed by atoms with van der Waals surface area (Å²) < 4.78 is 26.6. The van der Waals surface area contributed by atoms with E-state index >= 15 is 0 Å². The lowest BCUT2D eigenvalue weighted by molar-refractivity contribution is 0.0691. The topological polar surface area (TPSA) is 92.4 Å². The Hall–Kier alpha value is -2.96. The Balaban J connectivity index is 2.37. The molecule has 0 saturated carbocycles. The van der Waals surface area contributed by atoms with E-state index in [9.17, 15) is 18.4 Å². The number of anilines is 2. The fourth-order valence-corrected chi connectivity index (χ4v) is 1.75. The minimum Gasteiger partial charge on any atom is -0.478 e. The van der Waals surface area contributed by atoms with Crippen LogP contribution in [0.1, 0.15) is 20.7 Å². The summed E-state index contributed by atoms with van der Waals surface area (Å²) in [7, 11) is 0. The number of carbonyl (C=O) groups excluding carboxylic acids is 1. The van der Waals surface area contributed by atoms with E-state index in [0.29, 0.717) is 0 Å². The van der Waals surface area contributed by atoms with E-state index in [1.165, 1.54) is 12.1 Å². The number of carboxylic acids is 1. The quantitative estimate of drug-likeness (QED) is 0.807. The van der Waals surface area contributed by atoms with Gasteiger partial charge in [0.1, 0.15) is 11.6 Å². The third-order valence-corrected chi connectivity index (χ3v) is 2.73. The number of primary amides is 1. The predicted octanol–water partition coefficient (Wildman–Crippen LogP) is 2.51. The average Bonchev–Trinajstić information content (AvgIpc) is 2.40. The molecule has 2 rings (SSSR count). The summed E-state index contributed by atoms with van der Waals surface area (Å²) in [6, 6.07) is 6.69. The lowest BCUT2D eigenvalue weighted by Gasteiger charge is -2.11. The summed E-state index contributed by atoms with van der Waals surface area (Å²) in [5.41, 5.74) is 4.94. The van der Waals surface area contributed by atoms with Crippen molar-refractivity contribution in [2.24, 2.45) is 5.73 Å². The van der Waals surface area contributed by atoms with Crippen molar-refractivity contribution in [3.63, 3.8) is 0 Å². The van der Waals surface area contributed by atoms with E-state index in [1.807, 2.05) is 0 Å². The fourth-order valence-electron chi connectivity index (χ4n) is 1.75. The zero-order valence-electron chi connectivity index (χ0n) is 10.6. The van der Waals surface area contributed by atoms with E-state index in [2.05, 4.69) is 5.32 Å². The normalized spacial score (nSPS) is 10.2. The molecule has 7 heteroatoms. The number of rotatable bonds is 4. The summed E-state index contributed by atoms with van der Waals surface area (Å²) in [5, 5.41) is 11.4. The second-order valence-corrected chi connectivity index (χ2v) is 4.18. The Labute approximate surface area is 118 Å². The molecule has 0 unspecified atom stereocenters. The van der Waals surface area contributed by atoms with Crippen molar-refractivity contribution in [3.05, 3.63) is 59.2 Å². The van der Waals surface area contributed by atoms with E-state index in [1.54, 1.807) is 0 Å². The molecule has 0 saturated heterocycles.